The fourth-order valence-corrected chi connectivity index (χ4v) is 3.47. The molecule has 0 amide bonds. The van der Waals surface area contributed by atoms with Crippen LogP contribution >= 0.6 is 0 Å². The normalized spacial score (nSPS) is 12.9. The quantitative estimate of drug-likeness (QED) is 0.502. The molecule has 0 aliphatic carbocycles. The minimum Gasteiger partial charge on any atom is -0.334 e. The lowest BCUT2D eigenvalue weighted by Gasteiger charge is -2.19. The van der Waals surface area contributed by atoms with E-state index in [-0.39, 0.29) is 11.5 Å². The van der Waals surface area contributed by atoms with E-state index < -0.39 is 4.92 Å². The van der Waals surface area contributed by atoms with Crippen molar-refractivity contribution < 1.29 is 4.92 Å². The van der Waals surface area contributed by atoms with Gasteiger partial charge < -0.3 is 10.2 Å². The van der Waals surface area contributed by atoms with Crippen LogP contribution < -0.4 is 10.2 Å². The SMILES string of the molecule is CC(C)c1ccc(Nc2ncnc(N3CCc4ccccc43)c2[N+](=O)[O-])cc1. The maximum Gasteiger partial charge on any atom is 0.354 e. The zero-order chi connectivity index (χ0) is 19.7. The van der Waals surface area contributed by atoms with Gasteiger partial charge in [-0.25, -0.2) is 9.97 Å². The lowest BCUT2D eigenvalue weighted by molar-refractivity contribution is -0.383. The molecule has 0 unspecified atom stereocenters. The van der Waals surface area contributed by atoms with Crippen molar-refractivity contribution in [2.75, 3.05) is 16.8 Å². The molecule has 3 aromatic rings. The molecule has 0 atom stereocenters. The van der Waals surface area contributed by atoms with E-state index in [1.807, 2.05) is 53.4 Å². The third-order valence-corrected chi connectivity index (χ3v) is 4.97. The Morgan fingerprint density at radius 3 is 2.57 bits per heavy atom. The van der Waals surface area contributed by atoms with Gasteiger partial charge in [-0.3, -0.25) is 10.1 Å². The molecule has 1 aromatic heterocycles. The van der Waals surface area contributed by atoms with Crippen molar-refractivity contribution in [1.82, 2.24) is 9.97 Å². The van der Waals surface area contributed by atoms with Crippen LogP contribution in [0, 0.1) is 10.1 Å². The van der Waals surface area contributed by atoms with Crippen molar-refractivity contribution in [1.29, 1.82) is 0 Å². The van der Waals surface area contributed by atoms with E-state index in [2.05, 4.69) is 29.1 Å². The minimum absolute atomic E-state index is 0.118. The lowest BCUT2D eigenvalue weighted by atomic mass is 10.0. The van der Waals surface area contributed by atoms with E-state index >= 15 is 0 Å². The number of hydrogen-bond donors (Lipinski definition) is 1. The predicted octanol–water partition coefficient (Wildman–Crippen LogP) is 4.95. The molecule has 1 N–H and O–H groups in total. The minimum atomic E-state index is -0.416. The van der Waals surface area contributed by atoms with Crippen LogP contribution in [0.3, 0.4) is 0 Å². The van der Waals surface area contributed by atoms with Gasteiger partial charge >= 0.3 is 5.69 Å². The molecule has 0 radical (unpaired) electrons. The topological polar surface area (TPSA) is 84.2 Å². The summed E-state index contributed by atoms with van der Waals surface area (Å²) < 4.78 is 0. The summed E-state index contributed by atoms with van der Waals surface area (Å²) in [5, 5.41) is 15.0. The van der Waals surface area contributed by atoms with E-state index in [1.165, 1.54) is 11.9 Å². The molecule has 0 fully saturated rings. The van der Waals surface area contributed by atoms with Gasteiger partial charge in [-0.05, 0) is 41.7 Å². The second-order valence-electron chi connectivity index (χ2n) is 7.08. The molecule has 1 aliphatic rings. The highest BCUT2D eigenvalue weighted by Gasteiger charge is 2.31. The van der Waals surface area contributed by atoms with Gasteiger partial charge in [-0.1, -0.05) is 44.2 Å². The van der Waals surface area contributed by atoms with Crippen LogP contribution in [0.25, 0.3) is 0 Å². The van der Waals surface area contributed by atoms with Crippen LogP contribution in [0.4, 0.5) is 28.7 Å². The summed E-state index contributed by atoms with van der Waals surface area (Å²) in [5.41, 5.74) is 3.95. The molecule has 0 saturated carbocycles. The number of rotatable bonds is 5. The van der Waals surface area contributed by atoms with Crippen LogP contribution in [0.5, 0.6) is 0 Å². The van der Waals surface area contributed by atoms with Crippen molar-refractivity contribution in [3.63, 3.8) is 0 Å². The van der Waals surface area contributed by atoms with Crippen LogP contribution in [-0.2, 0) is 6.42 Å². The summed E-state index contributed by atoms with van der Waals surface area (Å²) in [7, 11) is 0. The van der Waals surface area contributed by atoms with Gasteiger partial charge in [-0.15, -0.1) is 0 Å². The van der Waals surface area contributed by atoms with Gasteiger partial charge in [0.2, 0.25) is 11.6 Å². The molecule has 0 bridgehead atoms. The standard InChI is InChI=1S/C21H21N5O2/c1-14(2)15-7-9-17(10-8-15)24-20-19(26(27)28)21(23-13-22-20)25-12-11-16-5-3-4-6-18(16)25/h3-10,13-14H,11-12H2,1-2H3,(H,22,23,24). The molecule has 1 aliphatic heterocycles. The number of para-hydroxylation sites is 1. The van der Waals surface area contributed by atoms with E-state index in [1.54, 1.807) is 0 Å². The third kappa shape index (κ3) is 3.26. The first-order valence-electron chi connectivity index (χ1n) is 9.26. The molecule has 7 heteroatoms. The number of fused-ring (bicyclic) bond motifs is 1. The zero-order valence-corrected chi connectivity index (χ0v) is 15.8. The average Bonchev–Trinajstić information content (AvgIpc) is 3.12. The van der Waals surface area contributed by atoms with Gasteiger partial charge in [-0.2, -0.15) is 0 Å². The third-order valence-electron chi connectivity index (χ3n) is 4.97. The Balaban J connectivity index is 1.72. The molecular weight excluding hydrogens is 354 g/mol. The highest BCUT2D eigenvalue weighted by molar-refractivity contribution is 5.80. The first-order chi connectivity index (χ1) is 13.5. The number of nitro groups is 1. The van der Waals surface area contributed by atoms with Gasteiger partial charge in [0.05, 0.1) is 4.92 Å². The Morgan fingerprint density at radius 2 is 1.86 bits per heavy atom. The lowest BCUT2D eigenvalue weighted by Crippen LogP contribution is -2.17. The monoisotopic (exact) mass is 375 g/mol. The fraction of sp³-hybridized carbons (Fsp3) is 0.238. The smallest absolute Gasteiger partial charge is 0.334 e. The van der Waals surface area contributed by atoms with E-state index in [0.29, 0.717) is 18.3 Å². The summed E-state index contributed by atoms with van der Waals surface area (Å²) in [6.07, 6.45) is 2.20. The Hall–Kier alpha value is -3.48. The van der Waals surface area contributed by atoms with Crippen molar-refractivity contribution >= 4 is 28.7 Å². The number of nitrogens with zero attached hydrogens (tertiary/aromatic N) is 4. The van der Waals surface area contributed by atoms with Crippen LogP contribution in [0.1, 0.15) is 30.9 Å². The van der Waals surface area contributed by atoms with Crippen molar-refractivity contribution in [2.24, 2.45) is 0 Å². The Labute approximate surface area is 163 Å². The summed E-state index contributed by atoms with van der Waals surface area (Å²) >= 11 is 0. The number of nitrogens with one attached hydrogen (secondary N) is 1. The molecule has 2 heterocycles. The molecule has 0 spiro atoms. The van der Waals surface area contributed by atoms with Gasteiger partial charge in [0.15, 0.2) is 0 Å². The molecular formula is C21H21N5O2. The second-order valence-corrected chi connectivity index (χ2v) is 7.08. The van der Waals surface area contributed by atoms with Crippen LogP contribution in [0.15, 0.2) is 54.9 Å². The fourth-order valence-electron chi connectivity index (χ4n) is 3.47. The van der Waals surface area contributed by atoms with E-state index in [0.717, 1.165) is 23.4 Å². The number of hydrogen-bond acceptors (Lipinski definition) is 6. The Morgan fingerprint density at radius 1 is 1.11 bits per heavy atom. The van der Waals surface area contributed by atoms with Gasteiger partial charge in [0.1, 0.15) is 6.33 Å². The van der Waals surface area contributed by atoms with Crippen molar-refractivity contribution in [3.05, 3.63) is 76.1 Å². The summed E-state index contributed by atoms with van der Waals surface area (Å²) in [5.74, 6) is 0.923. The number of aromatic nitrogens is 2. The highest BCUT2D eigenvalue weighted by Crippen LogP contribution is 2.40. The molecule has 2 aromatic carbocycles. The van der Waals surface area contributed by atoms with Crippen molar-refractivity contribution in [2.45, 2.75) is 26.2 Å². The maximum atomic E-state index is 11.9. The summed E-state index contributed by atoms with van der Waals surface area (Å²) in [6.45, 7) is 4.90. The zero-order valence-electron chi connectivity index (χ0n) is 15.8. The van der Waals surface area contributed by atoms with Gasteiger partial charge in [0.25, 0.3) is 0 Å². The first kappa shape index (κ1) is 17.9. The first-order valence-corrected chi connectivity index (χ1v) is 9.26. The highest BCUT2D eigenvalue weighted by atomic mass is 16.6. The number of anilines is 4. The van der Waals surface area contributed by atoms with E-state index in [9.17, 15) is 10.1 Å². The molecule has 0 saturated heterocycles. The summed E-state index contributed by atoms with van der Waals surface area (Å²) in [4.78, 5) is 21.8. The predicted molar refractivity (Wildman–Crippen MR) is 110 cm³/mol. The van der Waals surface area contributed by atoms with Gasteiger partial charge in [0, 0.05) is 17.9 Å². The maximum absolute atomic E-state index is 11.9. The largest absolute Gasteiger partial charge is 0.354 e. The van der Waals surface area contributed by atoms with E-state index in [4.69, 9.17) is 0 Å². The van der Waals surface area contributed by atoms with Crippen LogP contribution in [0.2, 0.25) is 0 Å². The van der Waals surface area contributed by atoms with Crippen LogP contribution in [-0.4, -0.2) is 21.4 Å². The second kappa shape index (κ2) is 7.26. The van der Waals surface area contributed by atoms with Crippen molar-refractivity contribution in [3.8, 4) is 0 Å². The average molecular weight is 375 g/mol. The summed E-state index contributed by atoms with van der Waals surface area (Å²) in [6, 6.07) is 15.8. The molecule has 28 heavy (non-hydrogen) atoms. The Bertz CT molecular complexity index is 1020. The molecule has 7 nitrogen and oxygen atoms in total. The molecule has 4 rings (SSSR count). The Kier molecular flexibility index (Phi) is 4.65. The number of benzene rings is 2. The molecule has 142 valence electrons.